The van der Waals surface area contributed by atoms with Crippen LogP contribution in [0.15, 0.2) is 23.4 Å². The number of nitrogens with two attached hydrogens (primary N) is 1. The van der Waals surface area contributed by atoms with Crippen molar-refractivity contribution in [3.05, 3.63) is 29.6 Å². The molecule has 0 spiro atoms. The fraction of sp³-hybridized carbons (Fsp3) is 0.500. The van der Waals surface area contributed by atoms with Gasteiger partial charge in [-0.3, -0.25) is 0 Å². The molecule has 1 saturated heterocycles. The van der Waals surface area contributed by atoms with Gasteiger partial charge < -0.3 is 15.8 Å². The van der Waals surface area contributed by atoms with Gasteiger partial charge in [0.1, 0.15) is 5.82 Å². The number of nitrogens with zero attached hydrogens (tertiary/aromatic N) is 2. The van der Waals surface area contributed by atoms with Crippen molar-refractivity contribution < 1.29 is 9.60 Å². The topological polar surface area (TPSA) is 61.8 Å². The molecule has 0 saturated carbocycles. The molecule has 2 rings (SSSR count). The summed E-state index contributed by atoms with van der Waals surface area (Å²) in [7, 11) is 0. The van der Waals surface area contributed by atoms with Crippen LogP contribution in [0.25, 0.3) is 0 Å². The first-order chi connectivity index (χ1) is 9.02. The number of rotatable bonds is 3. The molecule has 1 aliphatic rings. The Morgan fingerprint density at radius 3 is 2.84 bits per heavy atom. The van der Waals surface area contributed by atoms with Crippen LogP contribution in [0, 0.1) is 17.7 Å². The van der Waals surface area contributed by atoms with Crippen LogP contribution in [0.5, 0.6) is 0 Å². The summed E-state index contributed by atoms with van der Waals surface area (Å²) in [5.74, 6) is 0.815. The fourth-order valence-electron chi connectivity index (χ4n) is 2.59. The minimum absolute atomic E-state index is 0.0532. The van der Waals surface area contributed by atoms with Crippen molar-refractivity contribution in [1.82, 2.24) is 0 Å². The van der Waals surface area contributed by atoms with Gasteiger partial charge in [-0.1, -0.05) is 19.0 Å². The molecule has 1 unspecified atom stereocenters. The van der Waals surface area contributed by atoms with Crippen LogP contribution in [0.3, 0.4) is 0 Å². The molecule has 3 N–H and O–H groups in total. The predicted octanol–water partition coefficient (Wildman–Crippen LogP) is 2.40. The van der Waals surface area contributed by atoms with Gasteiger partial charge in [-0.25, -0.2) is 4.39 Å². The highest BCUT2D eigenvalue weighted by molar-refractivity contribution is 6.02. The maximum atomic E-state index is 13.3. The Kier molecular flexibility index (Phi) is 3.93. The van der Waals surface area contributed by atoms with Crippen LogP contribution in [0.1, 0.15) is 25.8 Å². The minimum Gasteiger partial charge on any atom is -0.409 e. The third kappa shape index (κ3) is 2.80. The van der Waals surface area contributed by atoms with Gasteiger partial charge in [-0.05, 0) is 36.5 Å². The van der Waals surface area contributed by atoms with Gasteiger partial charge in [-0.15, -0.1) is 0 Å². The highest BCUT2D eigenvalue weighted by Gasteiger charge is 2.27. The van der Waals surface area contributed by atoms with E-state index in [0.29, 0.717) is 17.4 Å². The predicted molar refractivity (Wildman–Crippen MR) is 74.1 cm³/mol. The second-order valence-electron chi connectivity index (χ2n) is 5.39. The molecule has 0 aromatic heterocycles. The maximum Gasteiger partial charge on any atom is 0.172 e. The lowest BCUT2D eigenvalue weighted by Crippen LogP contribution is -2.25. The molecule has 1 aromatic carbocycles. The van der Waals surface area contributed by atoms with Crippen LogP contribution in [0.2, 0.25) is 0 Å². The van der Waals surface area contributed by atoms with Crippen LogP contribution in [-0.2, 0) is 0 Å². The molecule has 0 amide bonds. The molecule has 1 fully saturated rings. The number of amidine groups is 1. The largest absolute Gasteiger partial charge is 0.409 e. The lowest BCUT2D eigenvalue weighted by molar-refractivity contribution is 0.318. The Bertz CT molecular complexity index is 488. The van der Waals surface area contributed by atoms with E-state index in [0.717, 1.165) is 25.2 Å². The first-order valence-corrected chi connectivity index (χ1v) is 6.55. The van der Waals surface area contributed by atoms with Gasteiger partial charge in [0, 0.05) is 24.3 Å². The van der Waals surface area contributed by atoms with E-state index >= 15 is 0 Å². The van der Waals surface area contributed by atoms with E-state index in [9.17, 15) is 4.39 Å². The standard InChI is InChI=1S/C14H20FN3O/c1-9(2)10-5-6-18(8-10)13-4-3-11(15)7-12(13)14(16)17-19/h3-4,7,9-10,19H,5-6,8H2,1-2H3,(H2,16,17). The number of hydrogen-bond donors (Lipinski definition) is 2. The summed E-state index contributed by atoms with van der Waals surface area (Å²) in [6.45, 7) is 6.27. The minimum atomic E-state index is -0.384. The summed E-state index contributed by atoms with van der Waals surface area (Å²) in [6, 6.07) is 4.42. The van der Waals surface area contributed by atoms with Crippen molar-refractivity contribution in [1.29, 1.82) is 0 Å². The number of halogens is 1. The third-order valence-corrected chi connectivity index (χ3v) is 3.85. The van der Waals surface area contributed by atoms with Crippen molar-refractivity contribution in [2.45, 2.75) is 20.3 Å². The number of hydrogen-bond acceptors (Lipinski definition) is 3. The molecule has 104 valence electrons. The average molecular weight is 265 g/mol. The summed E-state index contributed by atoms with van der Waals surface area (Å²) in [4.78, 5) is 2.18. The number of anilines is 1. The van der Waals surface area contributed by atoms with Crippen molar-refractivity contribution in [3.8, 4) is 0 Å². The molecule has 4 nitrogen and oxygen atoms in total. The van der Waals surface area contributed by atoms with E-state index in [1.54, 1.807) is 6.07 Å². The van der Waals surface area contributed by atoms with Crippen LogP contribution >= 0.6 is 0 Å². The second-order valence-corrected chi connectivity index (χ2v) is 5.39. The second kappa shape index (κ2) is 5.47. The Morgan fingerprint density at radius 2 is 2.26 bits per heavy atom. The highest BCUT2D eigenvalue weighted by Crippen LogP contribution is 2.30. The maximum absolute atomic E-state index is 13.3. The fourth-order valence-corrected chi connectivity index (χ4v) is 2.59. The Balaban J connectivity index is 2.30. The summed E-state index contributed by atoms with van der Waals surface area (Å²) < 4.78 is 13.3. The first kappa shape index (κ1) is 13.6. The van der Waals surface area contributed by atoms with Gasteiger partial charge in [0.05, 0.1) is 0 Å². The molecule has 19 heavy (non-hydrogen) atoms. The van der Waals surface area contributed by atoms with E-state index < -0.39 is 0 Å². The van der Waals surface area contributed by atoms with E-state index in [4.69, 9.17) is 10.9 Å². The van der Waals surface area contributed by atoms with Gasteiger partial charge in [0.25, 0.3) is 0 Å². The SMILES string of the molecule is CC(C)C1CCN(c2ccc(F)cc2/C(N)=N/O)C1. The zero-order valence-corrected chi connectivity index (χ0v) is 11.3. The van der Waals surface area contributed by atoms with E-state index in [1.807, 2.05) is 0 Å². The van der Waals surface area contributed by atoms with Gasteiger partial charge >= 0.3 is 0 Å². The monoisotopic (exact) mass is 265 g/mol. The van der Waals surface area contributed by atoms with E-state index in [2.05, 4.69) is 23.9 Å². The first-order valence-electron chi connectivity index (χ1n) is 6.55. The molecule has 0 radical (unpaired) electrons. The molecule has 1 atom stereocenters. The number of oxime groups is 1. The van der Waals surface area contributed by atoms with Crippen LogP contribution in [0.4, 0.5) is 10.1 Å². The molecule has 5 heteroatoms. The van der Waals surface area contributed by atoms with Gasteiger partial charge in [0.2, 0.25) is 0 Å². The summed E-state index contributed by atoms with van der Waals surface area (Å²) in [6.07, 6.45) is 1.12. The van der Waals surface area contributed by atoms with Crippen molar-refractivity contribution in [3.63, 3.8) is 0 Å². The molecular weight excluding hydrogens is 245 g/mol. The van der Waals surface area contributed by atoms with E-state index in [-0.39, 0.29) is 11.7 Å². The van der Waals surface area contributed by atoms with Crippen molar-refractivity contribution >= 4 is 11.5 Å². The van der Waals surface area contributed by atoms with E-state index in [1.165, 1.54) is 12.1 Å². The highest BCUT2D eigenvalue weighted by atomic mass is 19.1. The Hall–Kier alpha value is -1.78. The summed E-state index contributed by atoms with van der Waals surface area (Å²) in [5, 5.41) is 11.8. The molecular formula is C14H20FN3O. The van der Waals surface area contributed by atoms with Crippen LogP contribution < -0.4 is 10.6 Å². The van der Waals surface area contributed by atoms with Crippen LogP contribution in [-0.4, -0.2) is 24.1 Å². The summed E-state index contributed by atoms with van der Waals surface area (Å²) in [5.41, 5.74) is 6.92. The molecule has 0 aliphatic carbocycles. The van der Waals surface area contributed by atoms with Crippen molar-refractivity contribution in [2.75, 3.05) is 18.0 Å². The number of benzene rings is 1. The Morgan fingerprint density at radius 1 is 1.53 bits per heavy atom. The zero-order valence-electron chi connectivity index (χ0n) is 11.3. The van der Waals surface area contributed by atoms with Gasteiger partial charge in [0.15, 0.2) is 5.84 Å². The molecule has 1 aromatic rings. The lowest BCUT2D eigenvalue weighted by Gasteiger charge is -2.22. The lowest BCUT2D eigenvalue weighted by atomic mass is 9.95. The Labute approximate surface area is 112 Å². The normalized spacial score (nSPS) is 20.3. The smallest absolute Gasteiger partial charge is 0.172 e. The zero-order chi connectivity index (χ0) is 14.0. The quantitative estimate of drug-likeness (QED) is 0.382. The van der Waals surface area contributed by atoms with Gasteiger partial charge in [-0.2, -0.15) is 0 Å². The average Bonchev–Trinajstić information content (AvgIpc) is 2.87. The molecule has 1 aliphatic heterocycles. The molecule has 1 heterocycles. The summed E-state index contributed by atoms with van der Waals surface area (Å²) >= 11 is 0. The third-order valence-electron chi connectivity index (χ3n) is 3.85. The van der Waals surface area contributed by atoms with Crippen molar-refractivity contribution in [2.24, 2.45) is 22.7 Å². The molecule has 0 bridgehead atoms.